The zero-order chi connectivity index (χ0) is 16.6. The van der Waals surface area contributed by atoms with Gasteiger partial charge >= 0.3 is 0 Å². The minimum Gasteiger partial charge on any atom is -0.394 e. The third kappa shape index (κ3) is 2.99. The lowest BCUT2D eigenvalue weighted by atomic mass is 9.86. The van der Waals surface area contributed by atoms with Crippen LogP contribution in [0.4, 0.5) is 0 Å². The topological polar surface area (TPSA) is 180 Å². The van der Waals surface area contributed by atoms with Crippen molar-refractivity contribution in [2.24, 2.45) is 0 Å². The Kier molecular flexibility index (Phi) is 5.72. The fraction of sp³-hybridized carbons (Fsp3) is 1.00. The molecule has 10 nitrogen and oxygen atoms in total. The molecule has 130 valence electrons. The highest BCUT2D eigenvalue weighted by Crippen LogP contribution is 2.31. The van der Waals surface area contributed by atoms with Crippen LogP contribution in [-0.2, 0) is 9.47 Å². The molecule has 10 heteroatoms. The summed E-state index contributed by atoms with van der Waals surface area (Å²) in [4.78, 5) is 0. The first kappa shape index (κ1) is 17.9. The number of rotatable bonds is 3. The van der Waals surface area contributed by atoms with E-state index in [1.54, 1.807) is 0 Å². The van der Waals surface area contributed by atoms with E-state index in [2.05, 4.69) is 0 Å². The highest BCUT2D eigenvalue weighted by molar-refractivity contribution is 5.02. The lowest BCUT2D eigenvalue weighted by Crippen LogP contribution is -2.68. The molecular weight excluding hydrogens is 304 g/mol. The lowest BCUT2D eigenvalue weighted by Gasteiger charge is -2.48. The van der Waals surface area contributed by atoms with Crippen molar-refractivity contribution in [3.05, 3.63) is 0 Å². The van der Waals surface area contributed by atoms with Crippen LogP contribution in [0.5, 0.6) is 0 Å². The Morgan fingerprint density at radius 1 is 0.500 bits per heavy atom. The first-order valence-corrected chi connectivity index (χ1v) is 6.94. The lowest BCUT2D eigenvalue weighted by molar-refractivity contribution is -0.302. The molecule has 22 heavy (non-hydrogen) atoms. The summed E-state index contributed by atoms with van der Waals surface area (Å²) in [5.74, 6) is 0. The van der Waals surface area contributed by atoms with Crippen molar-refractivity contribution in [2.75, 3.05) is 13.2 Å². The Morgan fingerprint density at radius 2 is 0.818 bits per heavy atom. The van der Waals surface area contributed by atoms with Crippen LogP contribution in [0.25, 0.3) is 0 Å². The number of ether oxygens (including phenoxy) is 2. The fourth-order valence-electron chi connectivity index (χ4n) is 2.80. The minimum absolute atomic E-state index is 0.654. The second-order valence-corrected chi connectivity index (χ2v) is 5.59. The second-order valence-electron chi connectivity index (χ2n) is 5.59. The predicted octanol–water partition coefficient (Wildman–Crippen LogP) is -5.33. The van der Waals surface area contributed by atoms with Gasteiger partial charge in [0.25, 0.3) is 0 Å². The van der Waals surface area contributed by atoms with Gasteiger partial charge in [-0.3, -0.25) is 0 Å². The Bertz CT molecular complexity index is 330. The summed E-state index contributed by atoms with van der Waals surface area (Å²) >= 11 is 0. The summed E-state index contributed by atoms with van der Waals surface area (Å²) in [6.07, 6.45) is -15.0. The van der Waals surface area contributed by atoms with Gasteiger partial charge in [-0.2, -0.15) is 0 Å². The monoisotopic (exact) mass is 326 g/mol. The van der Waals surface area contributed by atoms with Crippen LogP contribution in [0, 0.1) is 0 Å². The summed E-state index contributed by atoms with van der Waals surface area (Å²) in [6.45, 7) is -1.31. The number of hydrogen-bond acceptors (Lipinski definition) is 10. The molecule has 0 aliphatic carbocycles. The average molecular weight is 326 g/mol. The number of hydrogen-bond donors (Lipinski definition) is 8. The van der Waals surface area contributed by atoms with Gasteiger partial charge in [0.15, 0.2) is 0 Å². The van der Waals surface area contributed by atoms with E-state index in [1.165, 1.54) is 0 Å². The van der Waals surface area contributed by atoms with Crippen LogP contribution >= 0.6 is 0 Å². The van der Waals surface area contributed by atoms with Gasteiger partial charge in [-0.1, -0.05) is 0 Å². The van der Waals surface area contributed by atoms with E-state index < -0.39 is 74.3 Å². The predicted molar refractivity (Wildman–Crippen MR) is 67.5 cm³/mol. The van der Waals surface area contributed by atoms with E-state index in [9.17, 15) is 30.6 Å². The van der Waals surface area contributed by atoms with Crippen molar-refractivity contribution >= 4 is 0 Å². The number of aliphatic hydroxyl groups is 8. The van der Waals surface area contributed by atoms with E-state index in [-0.39, 0.29) is 0 Å². The SMILES string of the molecule is OC[C@H]1O[C@H](C2O[C@H](CO)[C@@H](O)[C@H](O)[C@@H]2O)[C@@H](O)[C@@H](O)[C@@H]1O. The highest BCUT2D eigenvalue weighted by Gasteiger charge is 2.53. The van der Waals surface area contributed by atoms with Gasteiger partial charge in [0.2, 0.25) is 0 Å². The summed E-state index contributed by atoms with van der Waals surface area (Å²) in [7, 11) is 0. The van der Waals surface area contributed by atoms with Crippen molar-refractivity contribution < 1.29 is 50.3 Å². The molecule has 2 fully saturated rings. The molecule has 0 aromatic heterocycles. The molecule has 2 saturated heterocycles. The normalized spacial score (nSPS) is 53.5. The molecule has 0 amide bonds. The molecule has 2 aliphatic rings. The Hall–Kier alpha value is -0.400. The molecule has 0 saturated carbocycles. The standard InChI is InChI=1S/C12H22O10/c13-1-3-5(15)7(17)9(19)11(21-3)12-10(20)8(18)6(16)4(2-14)22-12/h3-20H,1-2H2/t3-,4-,5-,6-,7+,8+,9+,10+,11+,12?/m1/s1. The average Bonchev–Trinajstić information content (AvgIpc) is 2.52. The Morgan fingerprint density at radius 3 is 1.09 bits per heavy atom. The van der Waals surface area contributed by atoms with Crippen LogP contribution in [0.15, 0.2) is 0 Å². The van der Waals surface area contributed by atoms with Gasteiger partial charge in [-0.15, -0.1) is 0 Å². The first-order valence-electron chi connectivity index (χ1n) is 6.94. The molecular formula is C12H22O10. The molecule has 1 unspecified atom stereocenters. The van der Waals surface area contributed by atoms with E-state index in [1.807, 2.05) is 0 Å². The molecule has 0 spiro atoms. The zero-order valence-electron chi connectivity index (χ0n) is 11.6. The Balaban J connectivity index is 2.21. The van der Waals surface area contributed by atoms with Crippen molar-refractivity contribution in [1.29, 1.82) is 0 Å². The molecule has 0 radical (unpaired) electrons. The summed E-state index contributed by atoms with van der Waals surface area (Å²) in [5.41, 5.74) is 0. The highest BCUT2D eigenvalue weighted by atomic mass is 16.6. The van der Waals surface area contributed by atoms with E-state index in [0.29, 0.717) is 0 Å². The maximum Gasteiger partial charge on any atom is 0.115 e. The summed E-state index contributed by atoms with van der Waals surface area (Å²) in [6, 6.07) is 0. The summed E-state index contributed by atoms with van der Waals surface area (Å²) in [5, 5.41) is 77.1. The molecule has 2 aliphatic heterocycles. The van der Waals surface area contributed by atoms with Crippen molar-refractivity contribution in [1.82, 2.24) is 0 Å². The quantitative estimate of drug-likeness (QED) is 0.249. The minimum atomic E-state index is -1.67. The maximum atomic E-state index is 9.99. The number of aliphatic hydroxyl groups excluding tert-OH is 8. The largest absolute Gasteiger partial charge is 0.394 e. The van der Waals surface area contributed by atoms with Crippen LogP contribution in [0.2, 0.25) is 0 Å². The fourth-order valence-corrected chi connectivity index (χ4v) is 2.80. The molecule has 2 heterocycles. The van der Waals surface area contributed by atoms with Crippen molar-refractivity contribution in [2.45, 2.75) is 61.0 Å². The van der Waals surface area contributed by atoms with Gasteiger partial charge in [-0.05, 0) is 0 Å². The third-order valence-electron chi connectivity index (χ3n) is 4.18. The van der Waals surface area contributed by atoms with Gasteiger partial charge < -0.3 is 50.3 Å². The van der Waals surface area contributed by atoms with Crippen LogP contribution in [0.1, 0.15) is 0 Å². The second kappa shape index (κ2) is 7.01. The van der Waals surface area contributed by atoms with Gasteiger partial charge in [-0.25, -0.2) is 0 Å². The first-order chi connectivity index (χ1) is 10.3. The third-order valence-corrected chi connectivity index (χ3v) is 4.18. The molecule has 2 rings (SSSR count). The van der Waals surface area contributed by atoms with Crippen LogP contribution in [-0.4, -0.2) is 115 Å². The van der Waals surface area contributed by atoms with Gasteiger partial charge in [0.1, 0.15) is 61.0 Å². The van der Waals surface area contributed by atoms with Gasteiger partial charge in [0, 0.05) is 0 Å². The Labute approximate surface area is 125 Å². The van der Waals surface area contributed by atoms with Crippen molar-refractivity contribution in [3.63, 3.8) is 0 Å². The smallest absolute Gasteiger partial charge is 0.115 e. The van der Waals surface area contributed by atoms with Crippen LogP contribution in [0.3, 0.4) is 0 Å². The van der Waals surface area contributed by atoms with Gasteiger partial charge in [0.05, 0.1) is 13.2 Å². The molecule has 10 atom stereocenters. The molecule has 0 aromatic carbocycles. The van der Waals surface area contributed by atoms with Crippen LogP contribution < -0.4 is 0 Å². The molecule has 0 aromatic rings. The van der Waals surface area contributed by atoms with Crippen molar-refractivity contribution in [3.8, 4) is 0 Å². The molecule has 0 bridgehead atoms. The van der Waals surface area contributed by atoms with E-state index in [4.69, 9.17) is 19.7 Å². The van der Waals surface area contributed by atoms with E-state index in [0.717, 1.165) is 0 Å². The summed E-state index contributed by atoms with van der Waals surface area (Å²) < 4.78 is 10.5. The van der Waals surface area contributed by atoms with E-state index >= 15 is 0 Å². The zero-order valence-corrected chi connectivity index (χ0v) is 11.6. The maximum absolute atomic E-state index is 9.99. The molecule has 8 N–H and O–H groups in total.